The van der Waals surface area contributed by atoms with Crippen LogP contribution in [-0.2, 0) is 11.2 Å². The molecule has 1 aromatic carbocycles. The second-order valence-corrected chi connectivity index (χ2v) is 8.83. The molecule has 1 N–H and O–H groups in total. The van der Waals surface area contributed by atoms with Crippen molar-refractivity contribution in [3.05, 3.63) is 54.4 Å². The molecule has 1 aliphatic heterocycles. The zero-order valence-electron chi connectivity index (χ0n) is 19.2. The van der Waals surface area contributed by atoms with Crippen molar-refractivity contribution in [1.82, 2.24) is 14.8 Å². The second-order valence-electron chi connectivity index (χ2n) is 8.83. The van der Waals surface area contributed by atoms with Crippen LogP contribution in [0.4, 0.5) is 15.3 Å². The van der Waals surface area contributed by atoms with E-state index in [1.165, 1.54) is 0 Å². The first kappa shape index (κ1) is 23.4. The summed E-state index contributed by atoms with van der Waals surface area (Å²) in [7, 11) is 1.60. The molecular formula is C24H32N4O4. The van der Waals surface area contributed by atoms with Crippen molar-refractivity contribution in [2.24, 2.45) is 0 Å². The number of pyridine rings is 1. The van der Waals surface area contributed by atoms with E-state index in [1.807, 2.05) is 44.0 Å². The van der Waals surface area contributed by atoms with Crippen LogP contribution in [0, 0.1) is 0 Å². The molecule has 3 amide bonds. The highest BCUT2D eigenvalue weighted by Gasteiger charge is 2.34. The minimum absolute atomic E-state index is 0.144. The van der Waals surface area contributed by atoms with Gasteiger partial charge in [-0.05, 0) is 69.5 Å². The van der Waals surface area contributed by atoms with Crippen molar-refractivity contribution >= 4 is 17.8 Å². The third-order valence-electron chi connectivity index (χ3n) is 5.23. The predicted octanol–water partition coefficient (Wildman–Crippen LogP) is 4.18. The number of carbonyl (C=O) groups excluding carboxylic acids is 2. The first-order chi connectivity index (χ1) is 15.2. The number of ether oxygens (including phenoxy) is 2. The number of methoxy groups -OCH3 is 1. The highest BCUT2D eigenvalue weighted by atomic mass is 16.6. The molecule has 0 aliphatic carbocycles. The average molecular weight is 441 g/mol. The highest BCUT2D eigenvalue weighted by Crippen LogP contribution is 2.21. The number of aromatic nitrogens is 1. The lowest BCUT2D eigenvalue weighted by molar-refractivity contribution is 0.00908. The summed E-state index contributed by atoms with van der Waals surface area (Å²) in [5.41, 5.74) is 1.22. The molecule has 1 saturated heterocycles. The number of amides is 3. The van der Waals surface area contributed by atoms with Gasteiger partial charge in [-0.25, -0.2) is 9.59 Å². The molecular weight excluding hydrogens is 408 g/mol. The van der Waals surface area contributed by atoms with Gasteiger partial charge in [-0.1, -0.05) is 6.07 Å². The van der Waals surface area contributed by atoms with Gasteiger partial charge in [0.2, 0.25) is 0 Å². The lowest BCUT2D eigenvalue weighted by Gasteiger charge is -2.41. The molecule has 8 nitrogen and oxygen atoms in total. The Balaban J connectivity index is 1.70. The molecule has 1 aliphatic rings. The van der Waals surface area contributed by atoms with Crippen LogP contribution in [-0.4, -0.2) is 65.3 Å². The Morgan fingerprint density at radius 3 is 2.53 bits per heavy atom. The van der Waals surface area contributed by atoms with Gasteiger partial charge in [0.1, 0.15) is 11.4 Å². The van der Waals surface area contributed by atoms with Crippen molar-refractivity contribution in [2.45, 2.75) is 45.3 Å². The monoisotopic (exact) mass is 440 g/mol. The molecule has 1 fully saturated rings. The van der Waals surface area contributed by atoms with E-state index in [0.717, 1.165) is 17.7 Å². The summed E-state index contributed by atoms with van der Waals surface area (Å²) in [5, 5.41) is 2.96. The molecule has 8 heteroatoms. The fraction of sp³-hybridized carbons (Fsp3) is 0.458. The molecule has 2 heterocycles. The maximum Gasteiger partial charge on any atom is 0.410 e. The SMILES string of the molecule is COc1ccc(NC(=O)N2CCN(C(=O)OC(C)(C)C)CC2CCc2cccnc2)cc1. The van der Waals surface area contributed by atoms with Gasteiger partial charge in [-0.15, -0.1) is 0 Å². The van der Waals surface area contributed by atoms with Gasteiger partial charge in [0.15, 0.2) is 0 Å². The van der Waals surface area contributed by atoms with E-state index < -0.39 is 5.60 Å². The van der Waals surface area contributed by atoms with E-state index in [0.29, 0.717) is 31.7 Å². The number of carbonyl (C=O) groups is 2. The van der Waals surface area contributed by atoms with Crippen LogP contribution in [0.5, 0.6) is 5.75 Å². The lowest BCUT2D eigenvalue weighted by Crippen LogP contribution is -2.58. The van der Waals surface area contributed by atoms with Crippen molar-refractivity contribution in [3.8, 4) is 5.75 Å². The Labute approximate surface area is 189 Å². The Morgan fingerprint density at radius 2 is 1.91 bits per heavy atom. The Morgan fingerprint density at radius 1 is 1.16 bits per heavy atom. The fourth-order valence-electron chi connectivity index (χ4n) is 3.61. The first-order valence-electron chi connectivity index (χ1n) is 10.8. The van der Waals surface area contributed by atoms with Crippen LogP contribution in [0.15, 0.2) is 48.8 Å². The van der Waals surface area contributed by atoms with Gasteiger partial charge < -0.3 is 24.6 Å². The molecule has 0 radical (unpaired) electrons. The number of urea groups is 1. The lowest BCUT2D eigenvalue weighted by atomic mass is 10.0. The molecule has 0 spiro atoms. The smallest absolute Gasteiger partial charge is 0.410 e. The molecule has 1 aromatic heterocycles. The van der Waals surface area contributed by atoms with E-state index in [4.69, 9.17) is 9.47 Å². The van der Waals surface area contributed by atoms with E-state index in [9.17, 15) is 9.59 Å². The molecule has 1 unspecified atom stereocenters. The number of hydrogen-bond acceptors (Lipinski definition) is 5. The molecule has 3 rings (SSSR count). The minimum atomic E-state index is -0.564. The Bertz CT molecular complexity index is 896. The van der Waals surface area contributed by atoms with Crippen LogP contribution < -0.4 is 10.1 Å². The summed E-state index contributed by atoms with van der Waals surface area (Å²) in [6.07, 6.45) is 4.69. The molecule has 2 aromatic rings. The van der Waals surface area contributed by atoms with Gasteiger partial charge in [0, 0.05) is 37.7 Å². The van der Waals surface area contributed by atoms with Crippen molar-refractivity contribution in [3.63, 3.8) is 0 Å². The van der Waals surface area contributed by atoms with E-state index in [-0.39, 0.29) is 18.2 Å². The largest absolute Gasteiger partial charge is 0.497 e. The first-order valence-corrected chi connectivity index (χ1v) is 10.8. The highest BCUT2D eigenvalue weighted by molar-refractivity contribution is 5.89. The maximum absolute atomic E-state index is 13.1. The number of rotatable bonds is 5. The number of hydrogen-bond donors (Lipinski definition) is 1. The molecule has 0 saturated carbocycles. The van der Waals surface area contributed by atoms with Crippen LogP contribution in [0.3, 0.4) is 0 Å². The van der Waals surface area contributed by atoms with Gasteiger partial charge in [0.05, 0.1) is 13.2 Å². The zero-order valence-corrected chi connectivity index (χ0v) is 19.2. The molecule has 0 bridgehead atoms. The zero-order chi connectivity index (χ0) is 23.1. The summed E-state index contributed by atoms with van der Waals surface area (Å²) in [6, 6.07) is 10.8. The summed E-state index contributed by atoms with van der Waals surface area (Å²) in [6.45, 7) is 6.83. The average Bonchev–Trinajstić information content (AvgIpc) is 2.77. The summed E-state index contributed by atoms with van der Waals surface area (Å²) < 4.78 is 10.7. The standard InChI is InChI=1S/C24H32N4O4/c1-24(2,3)32-23(30)27-14-15-28(20(17-27)10-7-18-6-5-13-25-16-18)22(29)26-19-8-11-21(31-4)12-9-19/h5-6,8-9,11-13,16,20H,7,10,14-15,17H2,1-4H3,(H,26,29). The second kappa shape index (κ2) is 10.3. The third-order valence-corrected chi connectivity index (χ3v) is 5.23. The number of piperazine rings is 1. The van der Waals surface area contributed by atoms with Crippen molar-refractivity contribution in [1.29, 1.82) is 0 Å². The molecule has 1 atom stereocenters. The number of nitrogens with zero attached hydrogens (tertiary/aromatic N) is 3. The molecule has 32 heavy (non-hydrogen) atoms. The predicted molar refractivity (Wildman–Crippen MR) is 123 cm³/mol. The fourth-order valence-corrected chi connectivity index (χ4v) is 3.61. The van der Waals surface area contributed by atoms with Crippen LogP contribution in [0.25, 0.3) is 0 Å². The maximum atomic E-state index is 13.1. The van der Waals surface area contributed by atoms with Gasteiger partial charge in [-0.3, -0.25) is 4.98 Å². The molecule has 172 valence electrons. The van der Waals surface area contributed by atoms with Crippen molar-refractivity contribution in [2.75, 3.05) is 32.1 Å². The minimum Gasteiger partial charge on any atom is -0.497 e. The number of anilines is 1. The van der Waals surface area contributed by atoms with E-state index >= 15 is 0 Å². The third kappa shape index (κ3) is 6.60. The van der Waals surface area contributed by atoms with E-state index in [1.54, 1.807) is 42.5 Å². The van der Waals surface area contributed by atoms with Gasteiger partial charge >= 0.3 is 12.1 Å². The summed E-state index contributed by atoms with van der Waals surface area (Å²) in [5.74, 6) is 0.725. The Kier molecular flexibility index (Phi) is 7.56. The van der Waals surface area contributed by atoms with Crippen LogP contribution in [0.2, 0.25) is 0 Å². The van der Waals surface area contributed by atoms with Gasteiger partial charge in [0.25, 0.3) is 0 Å². The Hall–Kier alpha value is -3.29. The van der Waals surface area contributed by atoms with Crippen molar-refractivity contribution < 1.29 is 19.1 Å². The van der Waals surface area contributed by atoms with Crippen LogP contribution in [0.1, 0.15) is 32.8 Å². The van der Waals surface area contributed by atoms with Gasteiger partial charge in [-0.2, -0.15) is 0 Å². The number of benzene rings is 1. The number of nitrogens with one attached hydrogen (secondary N) is 1. The normalized spacial score (nSPS) is 16.4. The topological polar surface area (TPSA) is 84.0 Å². The quantitative estimate of drug-likeness (QED) is 0.754. The summed E-state index contributed by atoms with van der Waals surface area (Å²) >= 11 is 0. The van der Waals surface area contributed by atoms with Crippen LogP contribution >= 0.6 is 0 Å². The van der Waals surface area contributed by atoms with E-state index in [2.05, 4.69) is 10.3 Å². The summed E-state index contributed by atoms with van der Waals surface area (Å²) in [4.78, 5) is 33.4. The number of aryl methyl sites for hydroxylation is 1.